The van der Waals surface area contributed by atoms with Gasteiger partial charge in [0.1, 0.15) is 10.6 Å². The lowest BCUT2D eigenvalue weighted by Crippen LogP contribution is -2.33. The Hall–Kier alpha value is -0.920. The highest BCUT2D eigenvalue weighted by molar-refractivity contribution is 7.89. The second-order valence-electron chi connectivity index (χ2n) is 5.67. The van der Waals surface area contributed by atoms with Gasteiger partial charge in [-0.1, -0.05) is 5.16 Å². The summed E-state index contributed by atoms with van der Waals surface area (Å²) in [4.78, 5) is 0.246. The Morgan fingerprint density at radius 3 is 2.74 bits per heavy atom. The molecular formula is C12H19N3O3S. The molecule has 0 aromatic carbocycles. The third kappa shape index (κ3) is 2.00. The van der Waals surface area contributed by atoms with Gasteiger partial charge >= 0.3 is 0 Å². The Labute approximate surface area is 113 Å². The van der Waals surface area contributed by atoms with Gasteiger partial charge in [0.2, 0.25) is 10.0 Å². The molecule has 1 N–H and O–H groups in total. The van der Waals surface area contributed by atoms with Gasteiger partial charge in [0.25, 0.3) is 0 Å². The van der Waals surface area contributed by atoms with Crippen LogP contribution in [-0.2, 0) is 10.0 Å². The number of hydrogen-bond acceptors (Lipinski definition) is 5. The Morgan fingerprint density at radius 1 is 1.37 bits per heavy atom. The Kier molecular flexibility index (Phi) is 2.95. The molecule has 1 aromatic rings. The Balaban J connectivity index is 1.90. The van der Waals surface area contributed by atoms with E-state index in [1.165, 1.54) is 0 Å². The van der Waals surface area contributed by atoms with Crippen LogP contribution < -0.4 is 5.32 Å². The summed E-state index contributed by atoms with van der Waals surface area (Å²) < 4.78 is 31.9. The number of aryl methyl sites for hydroxylation is 2. The fraction of sp³-hybridized carbons (Fsp3) is 0.750. The molecule has 7 heteroatoms. The van der Waals surface area contributed by atoms with Crippen molar-refractivity contribution in [1.29, 1.82) is 0 Å². The Bertz CT molecular complexity index is 568. The van der Waals surface area contributed by atoms with Crippen LogP contribution in [0.15, 0.2) is 9.42 Å². The molecule has 2 aliphatic heterocycles. The molecule has 0 saturated carbocycles. The number of hydrogen-bond donors (Lipinski definition) is 1. The van der Waals surface area contributed by atoms with Crippen LogP contribution in [0.4, 0.5) is 0 Å². The summed E-state index contributed by atoms with van der Waals surface area (Å²) in [6, 6.07) is 0. The van der Waals surface area contributed by atoms with E-state index in [1.54, 1.807) is 18.2 Å². The summed E-state index contributed by atoms with van der Waals surface area (Å²) in [5.74, 6) is 0.378. The van der Waals surface area contributed by atoms with E-state index in [0.29, 0.717) is 24.5 Å². The summed E-state index contributed by atoms with van der Waals surface area (Å²) in [5, 5.41) is 7.08. The molecule has 6 nitrogen and oxygen atoms in total. The average molecular weight is 285 g/mol. The molecule has 0 amide bonds. The first kappa shape index (κ1) is 13.1. The lowest BCUT2D eigenvalue weighted by atomic mass is 9.87. The summed E-state index contributed by atoms with van der Waals surface area (Å²) in [6.07, 6.45) is 1.99. The van der Waals surface area contributed by atoms with E-state index in [0.717, 1.165) is 25.9 Å². The number of nitrogens with one attached hydrogen (secondary N) is 1. The highest BCUT2D eigenvalue weighted by Gasteiger charge is 2.45. The van der Waals surface area contributed by atoms with Gasteiger partial charge in [-0.15, -0.1) is 0 Å². The molecule has 1 unspecified atom stereocenters. The van der Waals surface area contributed by atoms with Crippen molar-refractivity contribution in [3.05, 3.63) is 11.5 Å². The van der Waals surface area contributed by atoms with Crippen LogP contribution in [0.3, 0.4) is 0 Å². The van der Waals surface area contributed by atoms with E-state index in [-0.39, 0.29) is 10.3 Å². The van der Waals surface area contributed by atoms with Crippen molar-refractivity contribution in [3.8, 4) is 0 Å². The molecule has 2 saturated heterocycles. The van der Waals surface area contributed by atoms with Crippen LogP contribution in [0.1, 0.15) is 24.3 Å². The van der Waals surface area contributed by atoms with Gasteiger partial charge in [-0.3, -0.25) is 0 Å². The van der Waals surface area contributed by atoms with Gasteiger partial charge in [0.15, 0.2) is 5.76 Å². The van der Waals surface area contributed by atoms with E-state index in [1.807, 2.05) is 0 Å². The molecule has 2 fully saturated rings. The smallest absolute Gasteiger partial charge is 0.248 e. The standard InChI is InChI=1S/C12H19N3O3S/c1-9-11(10(2)18-14-9)19(16,17)15-6-4-12(8-15)3-5-13-7-12/h13H,3-8H2,1-2H3. The van der Waals surface area contributed by atoms with Crippen LogP contribution in [0.25, 0.3) is 0 Å². The second-order valence-corrected chi connectivity index (χ2v) is 7.54. The van der Waals surface area contributed by atoms with E-state index in [4.69, 9.17) is 4.52 Å². The quantitative estimate of drug-likeness (QED) is 0.864. The lowest BCUT2D eigenvalue weighted by molar-refractivity contribution is 0.337. The average Bonchev–Trinajstić information content (AvgIpc) is 3.04. The maximum atomic E-state index is 12.7. The van der Waals surface area contributed by atoms with Crippen molar-refractivity contribution in [2.45, 2.75) is 31.6 Å². The number of rotatable bonds is 2. The van der Waals surface area contributed by atoms with Crippen molar-refractivity contribution in [1.82, 2.24) is 14.8 Å². The highest BCUT2D eigenvalue weighted by Crippen LogP contribution is 2.39. The van der Waals surface area contributed by atoms with E-state index < -0.39 is 10.0 Å². The number of sulfonamides is 1. The largest absolute Gasteiger partial charge is 0.360 e. The van der Waals surface area contributed by atoms with Gasteiger partial charge in [-0.05, 0) is 38.6 Å². The summed E-state index contributed by atoms with van der Waals surface area (Å²) in [6.45, 7) is 6.42. The first-order valence-electron chi connectivity index (χ1n) is 6.58. The molecule has 0 radical (unpaired) electrons. The second kappa shape index (κ2) is 4.29. The first-order valence-corrected chi connectivity index (χ1v) is 8.02. The zero-order valence-electron chi connectivity index (χ0n) is 11.3. The molecule has 1 aromatic heterocycles. The molecular weight excluding hydrogens is 266 g/mol. The van der Waals surface area contributed by atoms with Gasteiger partial charge in [-0.2, -0.15) is 4.31 Å². The number of nitrogens with zero attached hydrogens (tertiary/aromatic N) is 2. The predicted octanol–water partition coefficient (Wildman–Crippen LogP) is 0.666. The van der Waals surface area contributed by atoms with Crippen LogP contribution in [-0.4, -0.2) is 44.1 Å². The van der Waals surface area contributed by atoms with Crippen LogP contribution in [0.5, 0.6) is 0 Å². The summed E-state index contributed by atoms with van der Waals surface area (Å²) in [7, 11) is -3.47. The Morgan fingerprint density at radius 2 is 2.16 bits per heavy atom. The molecule has 1 spiro atoms. The fourth-order valence-corrected chi connectivity index (χ4v) is 5.06. The third-order valence-electron chi connectivity index (χ3n) is 4.30. The van der Waals surface area contributed by atoms with Gasteiger partial charge in [0.05, 0.1) is 0 Å². The van der Waals surface area contributed by atoms with E-state index in [2.05, 4.69) is 10.5 Å². The minimum absolute atomic E-state index is 0.131. The van der Waals surface area contributed by atoms with Crippen molar-refractivity contribution >= 4 is 10.0 Å². The number of aromatic nitrogens is 1. The predicted molar refractivity (Wildman–Crippen MR) is 69.3 cm³/mol. The topological polar surface area (TPSA) is 75.4 Å². The summed E-state index contributed by atoms with van der Waals surface area (Å²) in [5.41, 5.74) is 0.578. The summed E-state index contributed by atoms with van der Waals surface area (Å²) >= 11 is 0. The van der Waals surface area contributed by atoms with Crippen molar-refractivity contribution in [2.24, 2.45) is 5.41 Å². The van der Waals surface area contributed by atoms with Gasteiger partial charge in [0, 0.05) is 19.6 Å². The normalized spacial score (nSPS) is 28.5. The van der Waals surface area contributed by atoms with Gasteiger partial charge in [-0.25, -0.2) is 8.42 Å². The SMILES string of the molecule is Cc1noc(C)c1S(=O)(=O)N1CCC2(CCNC2)C1. The maximum absolute atomic E-state index is 12.7. The minimum Gasteiger partial charge on any atom is -0.360 e. The van der Waals surface area contributed by atoms with Crippen molar-refractivity contribution < 1.29 is 12.9 Å². The first-order chi connectivity index (χ1) is 8.95. The van der Waals surface area contributed by atoms with E-state index >= 15 is 0 Å². The van der Waals surface area contributed by atoms with Crippen LogP contribution in [0, 0.1) is 19.3 Å². The molecule has 3 heterocycles. The fourth-order valence-electron chi connectivity index (χ4n) is 3.22. The highest BCUT2D eigenvalue weighted by atomic mass is 32.2. The monoisotopic (exact) mass is 285 g/mol. The van der Waals surface area contributed by atoms with Crippen LogP contribution >= 0.6 is 0 Å². The lowest BCUT2D eigenvalue weighted by Gasteiger charge is -2.22. The molecule has 1 atom stereocenters. The van der Waals surface area contributed by atoms with Crippen LogP contribution in [0.2, 0.25) is 0 Å². The van der Waals surface area contributed by atoms with Crippen molar-refractivity contribution in [3.63, 3.8) is 0 Å². The zero-order chi connectivity index (χ0) is 13.7. The van der Waals surface area contributed by atoms with Crippen molar-refractivity contribution in [2.75, 3.05) is 26.2 Å². The third-order valence-corrected chi connectivity index (χ3v) is 6.39. The minimum atomic E-state index is -3.47. The maximum Gasteiger partial charge on any atom is 0.248 e. The molecule has 19 heavy (non-hydrogen) atoms. The van der Waals surface area contributed by atoms with Gasteiger partial charge < -0.3 is 9.84 Å². The molecule has 0 bridgehead atoms. The zero-order valence-corrected chi connectivity index (χ0v) is 12.1. The molecule has 3 rings (SSSR count). The molecule has 2 aliphatic rings. The molecule has 0 aliphatic carbocycles. The molecule has 106 valence electrons. The van der Waals surface area contributed by atoms with E-state index in [9.17, 15) is 8.42 Å².